The second-order valence-corrected chi connectivity index (χ2v) is 4.07. The minimum atomic E-state index is -0.140. The third-order valence-electron chi connectivity index (χ3n) is 2.79. The molecule has 15 heavy (non-hydrogen) atoms. The van der Waals surface area contributed by atoms with Crippen molar-refractivity contribution < 1.29 is 9.21 Å². The van der Waals surface area contributed by atoms with E-state index in [0.717, 1.165) is 25.7 Å². The number of carbonyl (C=O) groups excluding carboxylic acids is 1. The van der Waals surface area contributed by atoms with Gasteiger partial charge in [0.2, 0.25) is 0 Å². The third-order valence-corrected chi connectivity index (χ3v) is 2.79. The number of carbonyl (C=O) groups is 1. The molecule has 2 unspecified atom stereocenters. The van der Waals surface area contributed by atoms with E-state index in [9.17, 15) is 4.79 Å². The van der Waals surface area contributed by atoms with Gasteiger partial charge >= 0.3 is 0 Å². The van der Waals surface area contributed by atoms with Crippen LogP contribution in [-0.2, 0) is 0 Å². The maximum absolute atomic E-state index is 11.6. The Labute approximate surface area is 88.8 Å². The molecule has 0 radical (unpaired) electrons. The molecule has 3 N–H and O–H groups in total. The van der Waals surface area contributed by atoms with Gasteiger partial charge in [-0.3, -0.25) is 4.79 Å². The molecule has 1 amide bonds. The maximum Gasteiger partial charge on any atom is 0.287 e. The van der Waals surface area contributed by atoms with Gasteiger partial charge in [-0.2, -0.15) is 0 Å². The Hall–Kier alpha value is -1.29. The molecule has 1 aliphatic carbocycles. The highest BCUT2D eigenvalue weighted by molar-refractivity contribution is 5.91. The summed E-state index contributed by atoms with van der Waals surface area (Å²) >= 11 is 0. The molecule has 1 aromatic heterocycles. The van der Waals surface area contributed by atoms with Crippen molar-refractivity contribution in [3.05, 3.63) is 24.2 Å². The van der Waals surface area contributed by atoms with E-state index < -0.39 is 0 Å². The summed E-state index contributed by atoms with van der Waals surface area (Å²) in [5.74, 6) is 0.230. The van der Waals surface area contributed by atoms with E-state index in [1.54, 1.807) is 12.1 Å². The zero-order valence-electron chi connectivity index (χ0n) is 8.61. The Bertz CT molecular complexity index is 321. The summed E-state index contributed by atoms with van der Waals surface area (Å²) in [7, 11) is 0. The highest BCUT2D eigenvalue weighted by Crippen LogP contribution is 2.17. The fourth-order valence-electron chi connectivity index (χ4n) is 2.02. The summed E-state index contributed by atoms with van der Waals surface area (Å²) in [4.78, 5) is 11.6. The van der Waals surface area contributed by atoms with Gasteiger partial charge in [-0.25, -0.2) is 0 Å². The molecule has 1 aromatic rings. The van der Waals surface area contributed by atoms with Crippen molar-refractivity contribution in [1.82, 2.24) is 5.32 Å². The molecular weight excluding hydrogens is 192 g/mol. The second-order valence-electron chi connectivity index (χ2n) is 4.07. The number of hydrogen-bond acceptors (Lipinski definition) is 3. The van der Waals surface area contributed by atoms with Crippen LogP contribution in [0, 0.1) is 0 Å². The number of rotatable bonds is 2. The molecule has 0 spiro atoms. The number of furan rings is 1. The Morgan fingerprint density at radius 1 is 1.53 bits per heavy atom. The lowest BCUT2D eigenvalue weighted by Crippen LogP contribution is -2.42. The first-order valence-electron chi connectivity index (χ1n) is 5.35. The maximum atomic E-state index is 11.6. The van der Waals surface area contributed by atoms with E-state index >= 15 is 0 Å². The number of nitrogens with one attached hydrogen (secondary N) is 1. The van der Waals surface area contributed by atoms with Crippen molar-refractivity contribution in [3.63, 3.8) is 0 Å². The van der Waals surface area contributed by atoms with E-state index in [0.29, 0.717) is 5.76 Å². The normalized spacial score (nSPS) is 26.2. The molecule has 1 saturated carbocycles. The lowest BCUT2D eigenvalue weighted by molar-refractivity contribution is 0.0897. The van der Waals surface area contributed by atoms with Crippen molar-refractivity contribution in [2.45, 2.75) is 37.8 Å². The van der Waals surface area contributed by atoms with Crippen LogP contribution < -0.4 is 11.1 Å². The summed E-state index contributed by atoms with van der Waals surface area (Å²) in [6.07, 6.45) is 5.53. The van der Waals surface area contributed by atoms with Gasteiger partial charge in [-0.1, -0.05) is 0 Å². The predicted octanol–water partition coefficient (Wildman–Crippen LogP) is 1.28. The molecule has 0 bridgehead atoms. The van der Waals surface area contributed by atoms with Crippen LogP contribution in [0.2, 0.25) is 0 Å². The zero-order chi connectivity index (χ0) is 10.7. The number of amides is 1. The molecule has 0 saturated heterocycles. The van der Waals surface area contributed by atoms with Crippen molar-refractivity contribution in [2.24, 2.45) is 5.73 Å². The number of hydrogen-bond donors (Lipinski definition) is 2. The van der Waals surface area contributed by atoms with Crippen molar-refractivity contribution in [1.29, 1.82) is 0 Å². The van der Waals surface area contributed by atoms with E-state index in [1.807, 2.05) is 0 Å². The topological polar surface area (TPSA) is 68.3 Å². The van der Waals surface area contributed by atoms with Gasteiger partial charge in [-0.05, 0) is 37.8 Å². The quantitative estimate of drug-likeness (QED) is 0.769. The molecule has 0 aromatic carbocycles. The highest BCUT2D eigenvalue weighted by atomic mass is 16.3. The summed E-state index contributed by atoms with van der Waals surface area (Å²) in [6, 6.07) is 3.80. The van der Waals surface area contributed by atoms with Gasteiger partial charge in [0.1, 0.15) is 0 Å². The standard InChI is InChI=1S/C11H16N2O2/c12-8-3-1-4-9(7-8)13-11(14)10-5-2-6-15-10/h2,5-6,8-9H,1,3-4,7,12H2,(H,13,14). The first-order valence-corrected chi connectivity index (χ1v) is 5.35. The molecule has 4 nitrogen and oxygen atoms in total. The molecule has 4 heteroatoms. The monoisotopic (exact) mass is 208 g/mol. The zero-order valence-corrected chi connectivity index (χ0v) is 8.61. The fourth-order valence-corrected chi connectivity index (χ4v) is 2.02. The second kappa shape index (κ2) is 4.49. The number of nitrogens with two attached hydrogens (primary N) is 1. The van der Waals surface area contributed by atoms with Crippen LogP contribution >= 0.6 is 0 Å². The van der Waals surface area contributed by atoms with Crippen LogP contribution in [0.1, 0.15) is 36.2 Å². The van der Waals surface area contributed by atoms with Crippen LogP contribution in [0.15, 0.2) is 22.8 Å². The SMILES string of the molecule is NC1CCCC(NC(=O)c2ccco2)C1. The predicted molar refractivity (Wildman–Crippen MR) is 56.4 cm³/mol. The molecule has 2 atom stereocenters. The minimum Gasteiger partial charge on any atom is -0.459 e. The fraction of sp³-hybridized carbons (Fsp3) is 0.545. The van der Waals surface area contributed by atoms with Gasteiger partial charge < -0.3 is 15.5 Å². The summed E-state index contributed by atoms with van der Waals surface area (Å²) < 4.78 is 5.02. The van der Waals surface area contributed by atoms with E-state index in [-0.39, 0.29) is 18.0 Å². The molecule has 82 valence electrons. The van der Waals surface area contributed by atoms with Crippen LogP contribution in [0.3, 0.4) is 0 Å². The van der Waals surface area contributed by atoms with E-state index in [2.05, 4.69) is 5.32 Å². The van der Waals surface area contributed by atoms with E-state index in [4.69, 9.17) is 10.2 Å². The van der Waals surface area contributed by atoms with Gasteiger partial charge in [0, 0.05) is 12.1 Å². The lowest BCUT2D eigenvalue weighted by atomic mass is 9.91. The van der Waals surface area contributed by atoms with Crippen LogP contribution in [-0.4, -0.2) is 18.0 Å². The van der Waals surface area contributed by atoms with Crippen molar-refractivity contribution in [3.8, 4) is 0 Å². The largest absolute Gasteiger partial charge is 0.459 e. The molecule has 2 rings (SSSR count). The molecular formula is C11H16N2O2. The molecule has 1 aliphatic rings. The molecule has 1 fully saturated rings. The smallest absolute Gasteiger partial charge is 0.287 e. The Kier molecular flexibility index (Phi) is 3.06. The Balaban J connectivity index is 1.89. The van der Waals surface area contributed by atoms with Crippen LogP contribution in [0.4, 0.5) is 0 Å². The van der Waals surface area contributed by atoms with Gasteiger partial charge in [0.05, 0.1) is 6.26 Å². The summed E-state index contributed by atoms with van der Waals surface area (Å²) in [5.41, 5.74) is 5.84. The van der Waals surface area contributed by atoms with E-state index in [1.165, 1.54) is 6.26 Å². The molecule has 1 heterocycles. The average molecular weight is 208 g/mol. The molecule has 0 aliphatic heterocycles. The van der Waals surface area contributed by atoms with Crippen LogP contribution in [0.5, 0.6) is 0 Å². The first kappa shape index (κ1) is 10.2. The lowest BCUT2D eigenvalue weighted by Gasteiger charge is -2.26. The Morgan fingerprint density at radius 2 is 2.40 bits per heavy atom. The van der Waals surface area contributed by atoms with Crippen molar-refractivity contribution in [2.75, 3.05) is 0 Å². The summed E-state index contributed by atoms with van der Waals surface area (Å²) in [5, 5.41) is 2.94. The Morgan fingerprint density at radius 3 is 3.07 bits per heavy atom. The van der Waals surface area contributed by atoms with Gasteiger partial charge in [-0.15, -0.1) is 0 Å². The highest BCUT2D eigenvalue weighted by Gasteiger charge is 2.21. The third kappa shape index (κ3) is 2.59. The van der Waals surface area contributed by atoms with Gasteiger partial charge in [0.25, 0.3) is 5.91 Å². The van der Waals surface area contributed by atoms with Crippen molar-refractivity contribution >= 4 is 5.91 Å². The van der Waals surface area contributed by atoms with Crippen LogP contribution in [0.25, 0.3) is 0 Å². The first-order chi connectivity index (χ1) is 7.25. The average Bonchev–Trinajstić information content (AvgIpc) is 2.70. The minimum absolute atomic E-state index is 0.140. The van der Waals surface area contributed by atoms with Gasteiger partial charge in [0.15, 0.2) is 5.76 Å². The summed E-state index contributed by atoms with van der Waals surface area (Å²) in [6.45, 7) is 0.